The smallest absolute Gasteiger partial charge is 0 e. The van der Waals surface area contributed by atoms with Crippen molar-refractivity contribution in [2.75, 3.05) is 0 Å². The first-order valence-corrected chi connectivity index (χ1v) is 13.7. The Bertz CT molecular complexity index is 1340. The van der Waals surface area contributed by atoms with Crippen LogP contribution in [0.4, 0.5) is 0 Å². The van der Waals surface area contributed by atoms with E-state index in [2.05, 4.69) is 84.9 Å². The Morgan fingerprint density at radius 2 is 0.784 bits per heavy atom. The molecule has 0 atom stereocenters. The SMILES string of the molecule is [Ni].[S-]C1=C([S-])c2cc(-c3ccccc3)ccc2CC1.[S-]C1=C([S-])c2cc(-c3ccccc3)ccc2CC1. The summed E-state index contributed by atoms with van der Waals surface area (Å²) >= 11 is 21.5. The molecule has 0 amide bonds. The summed E-state index contributed by atoms with van der Waals surface area (Å²) in [6.07, 6.45) is 3.88. The second-order valence-electron chi connectivity index (χ2n) is 8.98. The van der Waals surface area contributed by atoms with Crippen LogP contribution in [0.5, 0.6) is 0 Å². The minimum atomic E-state index is 0. The van der Waals surface area contributed by atoms with E-state index in [-0.39, 0.29) is 16.5 Å². The third-order valence-electron chi connectivity index (χ3n) is 6.67. The van der Waals surface area contributed by atoms with Crippen molar-refractivity contribution < 1.29 is 16.5 Å². The van der Waals surface area contributed by atoms with Crippen molar-refractivity contribution in [3.63, 3.8) is 0 Å². The summed E-state index contributed by atoms with van der Waals surface area (Å²) in [5.74, 6) is 0. The molecular formula is C32H24NiS4-4. The Labute approximate surface area is 252 Å². The molecule has 0 aromatic heterocycles. The summed E-state index contributed by atoms with van der Waals surface area (Å²) in [7, 11) is 0. The van der Waals surface area contributed by atoms with Crippen molar-refractivity contribution in [2.24, 2.45) is 0 Å². The van der Waals surface area contributed by atoms with E-state index in [1.54, 1.807) is 0 Å². The molecule has 0 bridgehead atoms. The second-order valence-corrected chi connectivity index (χ2v) is 10.8. The van der Waals surface area contributed by atoms with Crippen molar-refractivity contribution >= 4 is 60.3 Å². The molecule has 2 aliphatic carbocycles. The van der Waals surface area contributed by atoms with E-state index >= 15 is 0 Å². The van der Waals surface area contributed by atoms with Gasteiger partial charge in [-0.3, -0.25) is 0 Å². The van der Waals surface area contributed by atoms with Crippen LogP contribution < -0.4 is 0 Å². The van der Waals surface area contributed by atoms with Crippen molar-refractivity contribution in [1.82, 2.24) is 0 Å². The number of aryl methyl sites for hydroxylation is 2. The predicted octanol–water partition coefficient (Wildman–Crippen LogP) is 8.12. The first-order valence-electron chi connectivity index (χ1n) is 12.0. The van der Waals surface area contributed by atoms with Crippen molar-refractivity contribution in [3.8, 4) is 22.3 Å². The quantitative estimate of drug-likeness (QED) is 0.170. The van der Waals surface area contributed by atoms with Gasteiger partial charge in [-0.05, 0) is 69.5 Å². The Morgan fingerprint density at radius 1 is 0.405 bits per heavy atom. The van der Waals surface area contributed by atoms with E-state index in [0.717, 1.165) is 56.4 Å². The molecule has 0 radical (unpaired) electrons. The van der Waals surface area contributed by atoms with Crippen LogP contribution in [0.2, 0.25) is 0 Å². The molecule has 0 fully saturated rings. The molecule has 4 aromatic rings. The van der Waals surface area contributed by atoms with E-state index < -0.39 is 0 Å². The zero-order chi connectivity index (χ0) is 25.1. The van der Waals surface area contributed by atoms with Crippen molar-refractivity contribution in [2.45, 2.75) is 25.7 Å². The van der Waals surface area contributed by atoms with Gasteiger partial charge < -0.3 is 50.5 Å². The summed E-state index contributed by atoms with van der Waals surface area (Å²) in [6.45, 7) is 0. The predicted molar refractivity (Wildman–Crippen MR) is 164 cm³/mol. The number of hydrogen-bond donors (Lipinski definition) is 0. The first kappa shape index (κ1) is 27.8. The molecule has 0 aliphatic heterocycles. The summed E-state index contributed by atoms with van der Waals surface area (Å²) < 4.78 is 0. The molecule has 190 valence electrons. The van der Waals surface area contributed by atoms with Gasteiger partial charge in [0.05, 0.1) is 0 Å². The number of allylic oxidation sites excluding steroid dienone is 2. The normalized spacial score (nSPS) is 14.1. The average Bonchev–Trinajstić information content (AvgIpc) is 2.94. The van der Waals surface area contributed by atoms with Gasteiger partial charge in [-0.2, -0.15) is 9.81 Å². The fourth-order valence-electron chi connectivity index (χ4n) is 4.66. The molecule has 0 N–H and O–H groups in total. The Hall–Kier alpha value is -2.27. The topological polar surface area (TPSA) is 0 Å². The third-order valence-corrected chi connectivity index (χ3v) is 8.68. The molecule has 0 nitrogen and oxygen atoms in total. The molecule has 37 heavy (non-hydrogen) atoms. The van der Waals surface area contributed by atoms with Gasteiger partial charge in [-0.15, -0.1) is 0 Å². The summed E-state index contributed by atoms with van der Waals surface area (Å²) in [5.41, 5.74) is 9.83. The maximum absolute atomic E-state index is 5.45. The number of benzene rings is 4. The van der Waals surface area contributed by atoms with Gasteiger partial charge >= 0.3 is 0 Å². The Balaban J connectivity index is 0.000000168. The van der Waals surface area contributed by atoms with Gasteiger partial charge in [0, 0.05) is 16.5 Å². The molecule has 0 saturated heterocycles. The van der Waals surface area contributed by atoms with Gasteiger partial charge in [0.1, 0.15) is 0 Å². The van der Waals surface area contributed by atoms with Crippen LogP contribution in [0.15, 0.2) is 107 Å². The van der Waals surface area contributed by atoms with Crippen LogP contribution in [0, 0.1) is 0 Å². The maximum atomic E-state index is 5.45. The molecule has 0 heterocycles. The Morgan fingerprint density at radius 3 is 1.16 bits per heavy atom. The zero-order valence-corrected chi connectivity index (χ0v) is 24.3. The fraction of sp³-hybridized carbons (Fsp3) is 0.125. The van der Waals surface area contributed by atoms with E-state index in [1.165, 1.54) is 33.4 Å². The molecular weight excluding hydrogens is 571 g/mol. The number of rotatable bonds is 2. The maximum Gasteiger partial charge on any atom is 0 e. The van der Waals surface area contributed by atoms with Crippen LogP contribution in [-0.4, -0.2) is 0 Å². The summed E-state index contributed by atoms with van der Waals surface area (Å²) in [5, 5.41) is 0. The van der Waals surface area contributed by atoms with Gasteiger partial charge in [-0.1, -0.05) is 97.8 Å². The van der Waals surface area contributed by atoms with Crippen molar-refractivity contribution in [1.29, 1.82) is 0 Å². The minimum Gasteiger partial charge on any atom is -0.785 e. The molecule has 0 spiro atoms. The summed E-state index contributed by atoms with van der Waals surface area (Å²) in [6, 6.07) is 33.8. The van der Waals surface area contributed by atoms with E-state index in [1.807, 2.05) is 12.1 Å². The molecule has 4 aromatic carbocycles. The zero-order valence-electron chi connectivity index (χ0n) is 20.0. The molecule has 0 saturated carbocycles. The average molecular weight is 596 g/mol. The summed E-state index contributed by atoms with van der Waals surface area (Å²) in [4.78, 5) is 3.60. The van der Waals surface area contributed by atoms with Crippen LogP contribution >= 0.6 is 0 Å². The molecule has 6 rings (SSSR count). The van der Waals surface area contributed by atoms with Crippen molar-refractivity contribution in [3.05, 3.63) is 129 Å². The van der Waals surface area contributed by atoms with Crippen LogP contribution in [-0.2, 0) is 79.8 Å². The van der Waals surface area contributed by atoms with Crippen LogP contribution in [0.25, 0.3) is 32.1 Å². The van der Waals surface area contributed by atoms with E-state index in [9.17, 15) is 0 Å². The third kappa shape index (κ3) is 6.25. The van der Waals surface area contributed by atoms with Gasteiger partial charge in [0.2, 0.25) is 0 Å². The largest absolute Gasteiger partial charge is 0.785 e. The molecule has 5 heteroatoms. The Kier molecular flexibility index (Phi) is 9.39. The van der Waals surface area contributed by atoms with E-state index in [4.69, 9.17) is 50.5 Å². The van der Waals surface area contributed by atoms with Crippen LogP contribution in [0.1, 0.15) is 35.1 Å². The minimum absolute atomic E-state index is 0. The van der Waals surface area contributed by atoms with E-state index in [0.29, 0.717) is 0 Å². The monoisotopic (exact) mass is 594 g/mol. The van der Waals surface area contributed by atoms with Gasteiger partial charge in [-0.25, -0.2) is 9.81 Å². The van der Waals surface area contributed by atoms with Gasteiger partial charge in [0.25, 0.3) is 0 Å². The molecule has 2 aliphatic rings. The van der Waals surface area contributed by atoms with Crippen LogP contribution in [0.3, 0.4) is 0 Å². The first-order chi connectivity index (χ1) is 17.5. The standard InChI is InChI=1S/2C16H14S2.Ni/c2*17-15-9-8-12-6-7-13(10-14(12)16(15)18)11-4-2-1-3-5-11;/h2*1-7,10,17-18H,8-9H2;/p-4. The number of fused-ring (bicyclic) bond motifs is 2. The molecule has 0 unspecified atom stereocenters. The number of hydrogen-bond acceptors (Lipinski definition) is 4. The fourth-order valence-corrected chi connectivity index (χ4v) is 5.66. The van der Waals surface area contributed by atoms with Gasteiger partial charge in [0.15, 0.2) is 0 Å². The second kappa shape index (κ2) is 12.5.